The number of unbranched alkanes of at least 4 members (excludes halogenated alkanes) is 1. The van der Waals surface area contributed by atoms with E-state index in [1.165, 1.54) is 58.3 Å². The smallest absolute Gasteiger partial charge is 0.00965 e. The summed E-state index contributed by atoms with van der Waals surface area (Å²) >= 11 is 0. The second-order valence-electron chi connectivity index (χ2n) is 7.09. The van der Waals surface area contributed by atoms with Gasteiger partial charge in [0.25, 0.3) is 0 Å². The summed E-state index contributed by atoms with van der Waals surface area (Å²) in [6.07, 6.45) is 7.20. The van der Waals surface area contributed by atoms with Crippen LogP contribution in [0.2, 0.25) is 0 Å². The lowest BCUT2D eigenvalue weighted by Crippen LogP contribution is -2.36. The maximum absolute atomic E-state index is 3.57. The van der Waals surface area contributed by atoms with Crippen molar-refractivity contribution in [2.24, 2.45) is 11.8 Å². The minimum atomic E-state index is 0.282. The maximum atomic E-state index is 3.57. The second-order valence-corrected chi connectivity index (χ2v) is 7.09. The number of fused-ring (bicyclic) bond motifs is 1. The van der Waals surface area contributed by atoms with Crippen LogP contribution in [0.25, 0.3) is 0 Å². The molecule has 2 atom stereocenters. The quantitative estimate of drug-likeness (QED) is 0.741. The van der Waals surface area contributed by atoms with Gasteiger partial charge < -0.3 is 10.2 Å². The lowest BCUT2D eigenvalue weighted by Gasteiger charge is -2.21. The van der Waals surface area contributed by atoms with Crippen molar-refractivity contribution in [3.05, 3.63) is 0 Å². The highest BCUT2D eigenvalue weighted by Crippen LogP contribution is 2.37. The summed E-state index contributed by atoms with van der Waals surface area (Å²) in [5.74, 6) is 2.12. The third-order valence-electron chi connectivity index (χ3n) is 4.36. The normalized spacial score (nSPS) is 29.8. The zero-order valence-corrected chi connectivity index (χ0v) is 12.0. The maximum Gasteiger partial charge on any atom is 0.00965 e. The minimum absolute atomic E-state index is 0.282. The van der Waals surface area contributed by atoms with Gasteiger partial charge >= 0.3 is 0 Å². The van der Waals surface area contributed by atoms with Crippen LogP contribution in [0.1, 0.15) is 52.9 Å². The van der Waals surface area contributed by atoms with Crippen LogP contribution in [0.5, 0.6) is 0 Å². The summed E-state index contributed by atoms with van der Waals surface area (Å²) in [6, 6.07) is 0. The molecule has 2 heteroatoms. The van der Waals surface area contributed by atoms with Gasteiger partial charge in [0.2, 0.25) is 0 Å². The van der Waals surface area contributed by atoms with Crippen molar-refractivity contribution in [2.75, 3.05) is 26.2 Å². The number of likely N-dealkylation sites (tertiary alicyclic amines) is 1. The first-order valence-corrected chi connectivity index (χ1v) is 7.52. The molecule has 0 amide bonds. The van der Waals surface area contributed by atoms with Gasteiger partial charge in [-0.1, -0.05) is 6.42 Å². The average Bonchev–Trinajstić information content (AvgIpc) is 2.75. The predicted molar refractivity (Wildman–Crippen MR) is 74.3 cm³/mol. The first-order valence-electron chi connectivity index (χ1n) is 7.52. The van der Waals surface area contributed by atoms with Gasteiger partial charge in [-0.15, -0.1) is 0 Å². The fraction of sp³-hybridized carbons (Fsp3) is 1.00. The highest BCUT2D eigenvalue weighted by Gasteiger charge is 2.35. The van der Waals surface area contributed by atoms with Crippen molar-refractivity contribution in [1.82, 2.24) is 10.2 Å². The van der Waals surface area contributed by atoms with Gasteiger partial charge in [0.1, 0.15) is 0 Å². The van der Waals surface area contributed by atoms with E-state index in [4.69, 9.17) is 0 Å². The molecule has 1 N–H and O–H groups in total. The summed E-state index contributed by atoms with van der Waals surface area (Å²) in [6.45, 7) is 12.0. The van der Waals surface area contributed by atoms with Gasteiger partial charge in [-0.25, -0.2) is 0 Å². The Morgan fingerprint density at radius 2 is 1.71 bits per heavy atom. The SMILES string of the molecule is CC(C)(C)NCCCCN1CC2CCCC2C1. The van der Waals surface area contributed by atoms with Crippen LogP contribution in [0.15, 0.2) is 0 Å². The van der Waals surface area contributed by atoms with Gasteiger partial charge in [-0.05, 0) is 71.4 Å². The molecular weight excluding hydrogens is 208 g/mol. The Bertz CT molecular complexity index is 220. The summed E-state index contributed by atoms with van der Waals surface area (Å²) in [7, 11) is 0. The molecule has 2 aliphatic rings. The molecule has 1 heterocycles. The molecule has 1 aliphatic heterocycles. The lowest BCUT2D eigenvalue weighted by atomic mass is 10.0. The van der Waals surface area contributed by atoms with E-state index < -0.39 is 0 Å². The highest BCUT2D eigenvalue weighted by molar-refractivity contribution is 4.88. The Labute approximate surface area is 107 Å². The molecule has 100 valence electrons. The predicted octanol–water partition coefficient (Wildman–Crippen LogP) is 2.89. The molecule has 0 aromatic rings. The lowest BCUT2D eigenvalue weighted by molar-refractivity contribution is 0.300. The zero-order chi connectivity index (χ0) is 12.3. The Balaban J connectivity index is 1.52. The van der Waals surface area contributed by atoms with Crippen LogP contribution in [0.3, 0.4) is 0 Å². The van der Waals surface area contributed by atoms with E-state index in [0.29, 0.717) is 0 Å². The molecule has 0 bridgehead atoms. The van der Waals surface area contributed by atoms with Gasteiger partial charge in [-0.2, -0.15) is 0 Å². The average molecular weight is 238 g/mol. The molecule has 17 heavy (non-hydrogen) atoms. The van der Waals surface area contributed by atoms with Crippen LogP contribution in [-0.2, 0) is 0 Å². The Morgan fingerprint density at radius 3 is 2.29 bits per heavy atom. The van der Waals surface area contributed by atoms with E-state index in [0.717, 1.165) is 11.8 Å². The van der Waals surface area contributed by atoms with Crippen molar-refractivity contribution in [2.45, 2.75) is 58.4 Å². The van der Waals surface area contributed by atoms with E-state index in [1.807, 2.05) is 0 Å². The van der Waals surface area contributed by atoms with Crippen molar-refractivity contribution in [3.8, 4) is 0 Å². The van der Waals surface area contributed by atoms with Crippen LogP contribution in [-0.4, -0.2) is 36.6 Å². The zero-order valence-electron chi connectivity index (χ0n) is 12.0. The third-order valence-corrected chi connectivity index (χ3v) is 4.36. The van der Waals surface area contributed by atoms with E-state index in [9.17, 15) is 0 Å². The molecular formula is C15H30N2. The Hall–Kier alpha value is -0.0800. The van der Waals surface area contributed by atoms with E-state index in [2.05, 4.69) is 31.0 Å². The largest absolute Gasteiger partial charge is 0.312 e. The molecule has 0 aromatic carbocycles. The van der Waals surface area contributed by atoms with Gasteiger partial charge in [0.05, 0.1) is 0 Å². The molecule has 0 aromatic heterocycles. The first kappa shape index (κ1) is 13.4. The van der Waals surface area contributed by atoms with Gasteiger partial charge in [0.15, 0.2) is 0 Å². The third kappa shape index (κ3) is 4.26. The summed E-state index contributed by atoms with van der Waals surface area (Å²) in [5, 5.41) is 3.57. The van der Waals surface area contributed by atoms with Crippen molar-refractivity contribution in [3.63, 3.8) is 0 Å². The van der Waals surface area contributed by atoms with Crippen LogP contribution < -0.4 is 5.32 Å². The fourth-order valence-corrected chi connectivity index (χ4v) is 3.44. The second kappa shape index (κ2) is 5.71. The summed E-state index contributed by atoms with van der Waals surface area (Å²) in [4.78, 5) is 2.71. The molecule has 1 aliphatic carbocycles. The minimum Gasteiger partial charge on any atom is -0.312 e. The topological polar surface area (TPSA) is 15.3 Å². The molecule has 2 nitrogen and oxygen atoms in total. The standard InChI is InChI=1S/C15H30N2/c1-15(2,3)16-9-4-5-10-17-11-13-7-6-8-14(13)12-17/h13-14,16H,4-12H2,1-3H3. The molecule has 0 radical (unpaired) electrons. The highest BCUT2D eigenvalue weighted by atomic mass is 15.2. The summed E-state index contributed by atoms with van der Waals surface area (Å²) < 4.78 is 0. The Kier molecular flexibility index (Phi) is 4.48. The van der Waals surface area contributed by atoms with Crippen molar-refractivity contribution < 1.29 is 0 Å². The van der Waals surface area contributed by atoms with Gasteiger partial charge in [-0.3, -0.25) is 0 Å². The number of nitrogens with zero attached hydrogens (tertiary/aromatic N) is 1. The first-order chi connectivity index (χ1) is 8.04. The van der Waals surface area contributed by atoms with Crippen molar-refractivity contribution in [1.29, 1.82) is 0 Å². The van der Waals surface area contributed by atoms with Crippen molar-refractivity contribution >= 4 is 0 Å². The van der Waals surface area contributed by atoms with Crippen LogP contribution >= 0.6 is 0 Å². The number of nitrogens with one attached hydrogen (secondary N) is 1. The van der Waals surface area contributed by atoms with Crippen LogP contribution in [0.4, 0.5) is 0 Å². The number of hydrogen-bond donors (Lipinski definition) is 1. The van der Waals surface area contributed by atoms with E-state index >= 15 is 0 Å². The molecule has 0 spiro atoms. The van der Waals surface area contributed by atoms with Gasteiger partial charge in [0, 0.05) is 18.6 Å². The van der Waals surface area contributed by atoms with E-state index in [-0.39, 0.29) is 5.54 Å². The number of hydrogen-bond acceptors (Lipinski definition) is 2. The van der Waals surface area contributed by atoms with Crippen LogP contribution in [0, 0.1) is 11.8 Å². The molecule has 1 saturated heterocycles. The molecule has 2 fully saturated rings. The van der Waals surface area contributed by atoms with E-state index in [1.54, 1.807) is 0 Å². The fourth-order valence-electron chi connectivity index (χ4n) is 3.44. The molecule has 2 unspecified atom stereocenters. The molecule has 1 saturated carbocycles. The Morgan fingerprint density at radius 1 is 1.06 bits per heavy atom. The summed E-state index contributed by atoms with van der Waals surface area (Å²) in [5.41, 5.74) is 0.282. The molecule has 2 rings (SSSR count). The number of rotatable bonds is 5. The monoisotopic (exact) mass is 238 g/mol.